The van der Waals surface area contributed by atoms with Gasteiger partial charge in [0.05, 0.1) is 18.4 Å². The van der Waals surface area contributed by atoms with Crippen molar-refractivity contribution in [1.29, 1.82) is 5.26 Å². The van der Waals surface area contributed by atoms with Crippen LogP contribution in [0.15, 0.2) is 18.2 Å². The molecule has 5 nitrogen and oxygen atoms in total. The molecule has 0 spiro atoms. The molecule has 0 fully saturated rings. The number of anilines is 2. The molecule has 0 aromatic heterocycles. The van der Waals surface area contributed by atoms with E-state index in [1.54, 1.807) is 25.1 Å². The monoisotopic (exact) mass is 219 g/mol. The van der Waals surface area contributed by atoms with Crippen LogP contribution in [0.2, 0.25) is 0 Å². The maximum Gasteiger partial charge on any atom is 0.327 e. The molecule has 0 saturated heterocycles. The number of nitriles is 1. The van der Waals surface area contributed by atoms with E-state index >= 15 is 0 Å². The van der Waals surface area contributed by atoms with Crippen molar-refractivity contribution < 1.29 is 9.53 Å². The summed E-state index contributed by atoms with van der Waals surface area (Å²) in [5.74, 6) is -0.358. The number of methoxy groups -OCH3 is 1. The van der Waals surface area contributed by atoms with E-state index in [9.17, 15) is 4.79 Å². The Hall–Kier alpha value is -2.22. The summed E-state index contributed by atoms with van der Waals surface area (Å²) in [7, 11) is 1.33. The zero-order valence-electron chi connectivity index (χ0n) is 9.15. The number of hydrogen-bond donors (Lipinski definition) is 2. The summed E-state index contributed by atoms with van der Waals surface area (Å²) >= 11 is 0. The van der Waals surface area contributed by atoms with Crippen molar-refractivity contribution >= 4 is 17.3 Å². The highest BCUT2D eigenvalue weighted by atomic mass is 16.5. The first-order chi connectivity index (χ1) is 7.58. The number of carbonyl (C=O) groups excluding carboxylic acids is 1. The number of ether oxygens (including phenoxy) is 1. The Morgan fingerprint density at radius 1 is 1.62 bits per heavy atom. The van der Waals surface area contributed by atoms with Gasteiger partial charge in [0.25, 0.3) is 0 Å². The van der Waals surface area contributed by atoms with Gasteiger partial charge in [-0.15, -0.1) is 0 Å². The minimum atomic E-state index is -0.461. The number of nitrogens with one attached hydrogen (secondary N) is 1. The zero-order valence-corrected chi connectivity index (χ0v) is 9.15. The number of nitrogens with two attached hydrogens (primary N) is 1. The van der Waals surface area contributed by atoms with Gasteiger partial charge in [0.15, 0.2) is 0 Å². The van der Waals surface area contributed by atoms with E-state index in [0.29, 0.717) is 16.9 Å². The van der Waals surface area contributed by atoms with Crippen molar-refractivity contribution in [1.82, 2.24) is 0 Å². The third-order valence-corrected chi connectivity index (χ3v) is 2.11. The molecule has 1 unspecified atom stereocenters. The van der Waals surface area contributed by atoms with Gasteiger partial charge in [0, 0.05) is 5.69 Å². The number of hydrogen-bond acceptors (Lipinski definition) is 5. The number of carbonyl (C=O) groups is 1. The van der Waals surface area contributed by atoms with E-state index in [2.05, 4.69) is 10.1 Å². The lowest BCUT2D eigenvalue weighted by molar-refractivity contribution is -0.141. The lowest BCUT2D eigenvalue weighted by Crippen LogP contribution is -2.27. The van der Waals surface area contributed by atoms with Gasteiger partial charge in [-0.2, -0.15) is 5.26 Å². The van der Waals surface area contributed by atoms with E-state index in [1.165, 1.54) is 7.11 Å². The first kappa shape index (κ1) is 11.9. The average Bonchev–Trinajstić information content (AvgIpc) is 2.28. The van der Waals surface area contributed by atoms with Crippen molar-refractivity contribution in [3.8, 4) is 6.07 Å². The molecule has 0 heterocycles. The molecule has 0 aliphatic rings. The van der Waals surface area contributed by atoms with Gasteiger partial charge >= 0.3 is 5.97 Å². The van der Waals surface area contributed by atoms with Gasteiger partial charge in [-0.25, -0.2) is 4.79 Å². The fraction of sp³-hybridized carbons (Fsp3) is 0.273. The molecule has 0 bridgehead atoms. The van der Waals surface area contributed by atoms with Crippen LogP contribution in [0.5, 0.6) is 0 Å². The predicted molar refractivity (Wildman–Crippen MR) is 60.7 cm³/mol. The van der Waals surface area contributed by atoms with E-state index < -0.39 is 6.04 Å². The van der Waals surface area contributed by atoms with Crippen LogP contribution in [0.1, 0.15) is 12.5 Å². The van der Waals surface area contributed by atoms with Crippen LogP contribution in [0.25, 0.3) is 0 Å². The molecule has 3 N–H and O–H groups in total. The minimum absolute atomic E-state index is 0.358. The van der Waals surface area contributed by atoms with E-state index in [4.69, 9.17) is 11.0 Å². The Labute approximate surface area is 93.8 Å². The van der Waals surface area contributed by atoms with Crippen LogP contribution >= 0.6 is 0 Å². The van der Waals surface area contributed by atoms with Crippen molar-refractivity contribution in [3.05, 3.63) is 23.8 Å². The molecule has 84 valence electrons. The summed E-state index contributed by atoms with van der Waals surface area (Å²) in [6, 6.07) is 6.40. The standard InChI is InChI=1S/C11H13N3O2/c1-7(11(15)16-2)14-9-4-3-8(6-12)10(13)5-9/h3-5,7,14H,13H2,1-2H3. The van der Waals surface area contributed by atoms with Crippen LogP contribution in [0.3, 0.4) is 0 Å². The van der Waals surface area contributed by atoms with E-state index in [0.717, 1.165) is 0 Å². The summed E-state index contributed by atoms with van der Waals surface area (Å²) < 4.78 is 4.57. The smallest absolute Gasteiger partial charge is 0.327 e. The highest BCUT2D eigenvalue weighted by Crippen LogP contribution is 2.17. The Bertz CT molecular complexity index is 437. The number of rotatable bonds is 3. The molecule has 0 aliphatic heterocycles. The summed E-state index contributed by atoms with van der Waals surface area (Å²) in [6.45, 7) is 1.68. The summed E-state index contributed by atoms with van der Waals surface area (Å²) in [4.78, 5) is 11.2. The van der Waals surface area contributed by atoms with Crippen molar-refractivity contribution in [2.24, 2.45) is 0 Å². The van der Waals surface area contributed by atoms with Gasteiger partial charge in [-0.05, 0) is 25.1 Å². The van der Waals surface area contributed by atoms with Crippen LogP contribution in [-0.2, 0) is 9.53 Å². The van der Waals surface area contributed by atoms with Gasteiger partial charge in [0.2, 0.25) is 0 Å². The van der Waals surface area contributed by atoms with Crippen molar-refractivity contribution in [3.63, 3.8) is 0 Å². The topological polar surface area (TPSA) is 88.1 Å². The molecular formula is C11H13N3O2. The lowest BCUT2D eigenvalue weighted by atomic mass is 10.1. The maximum atomic E-state index is 11.2. The number of nitrogens with zero attached hydrogens (tertiary/aromatic N) is 1. The summed E-state index contributed by atoms with van der Waals surface area (Å²) in [5.41, 5.74) is 7.11. The third kappa shape index (κ3) is 2.64. The first-order valence-corrected chi connectivity index (χ1v) is 4.72. The van der Waals surface area contributed by atoms with E-state index in [-0.39, 0.29) is 5.97 Å². The van der Waals surface area contributed by atoms with Crippen molar-refractivity contribution in [2.45, 2.75) is 13.0 Å². The van der Waals surface area contributed by atoms with Gasteiger partial charge < -0.3 is 15.8 Å². The number of benzene rings is 1. The Morgan fingerprint density at radius 3 is 2.81 bits per heavy atom. The molecule has 0 amide bonds. The highest BCUT2D eigenvalue weighted by Gasteiger charge is 2.12. The average molecular weight is 219 g/mol. The molecule has 0 aliphatic carbocycles. The number of esters is 1. The fourth-order valence-corrected chi connectivity index (χ4v) is 1.24. The van der Waals surface area contributed by atoms with Crippen LogP contribution in [-0.4, -0.2) is 19.1 Å². The van der Waals surface area contributed by atoms with Gasteiger partial charge in [-0.1, -0.05) is 0 Å². The lowest BCUT2D eigenvalue weighted by Gasteiger charge is -2.13. The minimum Gasteiger partial charge on any atom is -0.467 e. The Balaban J connectivity index is 2.80. The number of nitrogen functional groups attached to an aromatic ring is 1. The second-order valence-corrected chi connectivity index (χ2v) is 3.30. The normalized spacial score (nSPS) is 11.3. The predicted octanol–water partition coefficient (Wildman–Crippen LogP) is 1.11. The summed E-state index contributed by atoms with van der Waals surface area (Å²) in [6.07, 6.45) is 0. The quantitative estimate of drug-likeness (QED) is 0.587. The first-order valence-electron chi connectivity index (χ1n) is 4.72. The highest BCUT2D eigenvalue weighted by molar-refractivity contribution is 5.79. The molecule has 5 heteroatoms. The molecule has 1 aromatic carbocycles. The molecular weight excluding hydrogens is 206 g/mol. The van der Waals surface area contributed by atoms with Crippen molar-refractivity contribution in [2.75, 3.05) is 18.2 Å². The van der Waals surface area contributed by atoms with Crippen LogP contribution in [0.4, 0.5) is 11.4 Å². The van der Waals surface area contributed by atoms with Crippen LogP contribution in [0, 0.1) is 11.3 Å². The second-order valence-electron chi connectivity index (χ2n) is 3.30. The molecule has 1 atom stereocenters. The molecule has 0 radical (unpaired) electrons. The molecule has 1 rings (SSSR count). The maximum absolute atomic E-state index is 11.2. The molecule has 0 saturated carbocycles. The summed E-state index contributed by atoms with van der Waals surface area (Å²) in [5, 5.41) is 11.6. The Morgan fingerprint density at radius 2 is 2.31 bits per heavy atom. The molecule has 1 aromatic rings. The van der Waals surface area contributed by atoms with Crippen LogP contribution < -0.4 is 11.1 Å². The van der Waals surface area contributed by atoms with E-state index in [1.807, 2.05) is 6.07 Å². The SMILES string of the molecule is COC(=O)C(C)Nc1ccc(C#N)c(N)c1. The molecule has 16 heavy (non-hydrogen) atoms. The third-order valence-electron chi connectivity index (χ3n) is 2.11. The fourth-order valence-electron chi connectivity index (χ4n) is 1.24. The Kier molecular flexibility index (Phi) is 3.72. The zero-order chi connectivity index (χ0) is 12.1. The van der Waals surface area contributed by atoms with Gasteiger partial charge in [-0.3, -0.25) is 0 Å². The van der Waals surface area contributed by atoms with Gasteiger partial charge in [0.1, 0.15) is 12.1 Å². The second kappa shape index (κ2) is 5.03. The largest absolute Gasteiger partial charge is 0.467 e.